The van der Waals surface area contributed by atoms with E-state index in [0.717, 1.165) is 22.2 Å². The van der Waals surface area contributed by atoms with E-state index in [1.807, 2.05) is 30.3 Å². The van der Waals surface area contributed by atoms with Crippen molar-refractivity contribution < 1.29 is 9.59 Å². The second kappa shape index (κ2) is 7.70. The first-order valence-corrected chi connectivity index (χ1v) is 9.96. The van der Waals surface area contributed by atoms with Crippen LogP contribution in [0.1, 0.15) is 33.5 Å². The van der Waals surface area contributed by atoms with Gasteiger partial charge in [-0.25, -0.2) is 0 Å². The molecule has 1 aromatic carbocycles. The molecule has 6 heteroatoms. The van der Waals surface area contributed by atoms with E-state index in [-0.39, 0.29) is 18.4 Å². The van der Waals surface area contributed by atoms with Crippen molar-refractivity contribution in [2.75, 3.05) is 18.9 Å². The SMILES string of the molecule is C[C@H]1CCc2sc(C(=O)N(C)CC(=O)Nc3ccccc3Br)cc2C1. The van der Waals surface area contributed by atoms with Crippen LogP contribution in [0.4, 0.5) is 5.69 Å². The summed E-state index contributed by atoms with van der Waals surface area (Å²) in [5.74, 6) is 0.380. The van der Waals surface area contributed by atoms with E-state index in [1.165, 1.54) is 21.8 Å². The molecule has 3 rings (SSSR count). The summed E-state index contributed by atoms with van der Waals surface area (Å²) in [5.41, 5.74) is 2.01. The summed E-state index contributed by atoms with van der Waals surface area (Å²) in [7, 11) is 1.67. The molecule has 0 spiro atoms. The fourth-order valence-electron chi connectivity index (χ4n) is 3.04. The number of hydrogen-bond acceptors (Lipinski definition) is 3. The Kier molecular flexibility index (Phi) is 5.59. The van der Waals surface area contributed by atoms with Crippen LogP contribution in [0.2, 0.25) is 0 Å². The molecule has 0 saturated heterocycles. The molecule has 1 aliphatic rings. The Balaban J connectivity index is 1.63. The molecule has 0 unspecified atom stereocenters. The Morgan fingerprint density at radius 2 is 2.12 bits per heavy atom. The molecule has 1 heterocycles. The van der Waals surface area contributed by atoms with Gasteiger partial charge in [-0.05, 0) is 64.9 Å². The first-order valence-electron chi connectivity index (χ1n) is 8.35. The number of para-hydroxylation sites is 1. The molecule has 0 fully saturated rings. The number of aryl methyl sites for hydroxylation is 1. The minimum absolute atomic E-state index is 0.0269. The van der Waals surface area contributed by atoms with E-state index in [2.05, 4.69) is 28.2 Å². The highest BCUT2D eigenvalue weighted by Crippen LogP contribution is 2.32. The van der Waals surface area contributed by atoms with Crippen LogP contribution in [0, 0.1) is 5.92 Å². The summed E-state index contributed by atoms with van der Waals surface area (Å²) in [6.07, 6.45) is 3.29. The van der Waals surface area contributed by atoms with Gasteiger partial charge in [0.25, 0.3) is 5.91 Å². The molecule has 4 nitrogen and oxygen atoms in total. The number of carbonyl (C=O) groups is 2. The number of fused-ring (bicyclic) bond motifs is 1. The van der Waals surface area contributed by atoms with Crippen LogP contribution in [-0.2, 0) is 17.6 Å². The number of anilines is 1. The molecule has 25 heavy (non-hydrogen) atoms. The number of amides is 2. The van der Waals surface area contributed by atoms with Crippen molar-refractivity contribution in [2.24, 2.45) is 5.92 Å². The van der Waals surface area contributed by atoms with Crippen LogP contribution in [0.25, 0.3) is 0 Å². The van der Waals surface area contributed by atoms with Crippen LogP contribution >= 0.6 is 27.3 Å². The molecule has 2 amide bonds. The Morgan fingerprint density at radius 1 is 1.36 bits per heavy atom. The molecule has 1 aromatic heterocycles. The van der Waals surface area contributed by atoms with Gasteiger partial charge in [0.2, 0.25) is 5.91 Å². The lowest BCUT2D eigenvalue weighted by Gasteiger charge is -2.16. The minimum Gasteiger partial charge on any atom is -0.332 e. The van der Waals surface area contributed by atoms with Gasteiger partial charge in [0.1, 0.15) is 0 Å². The highest BCUT2D eigenvalue weighted by molar-refractivity contribution is 9.10. The minimum atomic E-state index is -0.210. The van der Waals surface area contributed by atoms with E-state index < -0.39 is 0 Å². The average molecular weight is 421 g/mol. The van der Waals surface area contributed by atoms with Crippen molar-refractivity contribution in [1.29, 1.82) is 0 Å². The zero-order valence-corrected chi connectivity index (χ0v) is 16.7. The van der Waals surface area contributed by atoms with E-state index >= 15 is 0 Å². The second-order valence-electron chi connectivity index (χ2n) is 6.60. The first kappa shape index (κ1) is 18.1. The van der Waals surface area contributed by atoms with Crippen LogP contribution in [0.3, 0.4) is 0 Å². The standard InChI is InChI=1S/C19H21BrN2O2S/c1-12-7-8-16-13(9-12)10-17(25-16)19(24)22(2)11-18(23)21-15-6-4-3-5-14(15)20/h3-6,10,12H,7-9,11H2,1-2H3,(H,21,23)/t12-/m0/s1. The lowest BCUT2D eigenvalue weighted by Crippen LogP contribution is -2.34. The third-order valence-electron chi connectivity index (χ3n) is 4.42. The highest BCUT2D eigenvalue weighted by Gasteiger charge is 2.23. The van der Waals surface area contributed by atoms with Crippen molar-refractivity contribution in [3.05, 3.63) is 50.1 Å². The van der Waals surface area contributed by atoms with E-state index in [1.54, 1.807) is 18.4 Å². The van der Waals surface area contributed by atoms with Crippen LogP contribution in [-0.4, -0.2) is 30.3 Å². The van der Waals surface area contributed by atoms with Crippen molar-refractivity contribution in [3.8, 4) is 0 Å². The number of thiophene rings is 1. The number of likely N-dealkylation sites (N-methyl/N-ethyl adjacent to an activating group) is 1. The zero-order chi connectivity index (χ0) is 18.0. The molecule has 1 atom stereocenters. The number of halogens is 1. The maximum Gasteiger partial charge on any atom is 0.264 e. The highest BCUT2D eigenvalue weighted by atomic mass is 79.9. The molecule has 0 aliphatic heterocycles. The lowest BCUT2D eigenvalue weighted by atomic mass is 9.90. The molecule has 0 saturated carbocycles. The van der Waals surface area contributed by atoms with Gasteiger partial charge in [-0.15, -0.1) is 11.3 Å². The van der Waals surface area contributed by atoms with Gasteiger partial charge >= 0.3 is 0 Å². The number of rotatable bonds is 4. The van der Waals surface area contributed by atoms with Crippen molar-refractivity contribution >= 4 is 44.8 Å². The molecule has 1 aliphatic carbocycles. The Labute approximate surface area is 160 Å². The number of hydrogen-bond donors (Lipinski definition) is 1. The maximum atomic E-state index is 12.6. The summed E-state index contributed by atoms with van der Waals surface area (Å²) >= 11 is 4.98. The van der Waals surface area contributed by atoms with Gasteiger partial charge < -0.3 is 10.2 Å². The first-order chi connectivity index (χ1) is 11.9. The monoisotopic (exact) mass is 420 g/mol. The summed E-state index contributed by atoms with van der Waals surface area (Å²) in [5, 5.41) is 2.83. The van der Waals surface area contributed by atoms with Crippen molar-refractivity contribution in [3.63, 3.8) is 0 Å². The summed E-state index contributed by atoms with van der Waals surface area (Å²) in [4.78, 5) is 28.4. The molecule has 0 radical (unpaired) electrons. The molecule has 2 aromatic rings. The molecule has 0 bridgehead atoms. The second-order valence-corrected chi connectivity index (χ2v) is 8.59. The normalized spacial score (nSPS) is 16.2. The van der Waals surface area contributed by atoms with E-state index in [4.69, 9.17) is 0 Å². The number of nitrogens with one attached hydrogen (secondary N) is 1. The summed E-state index contributed by atoms with van der Waals surface area (Å²) < 4.78 is 0.817. The lowest BCUT2D eigenvalue weighted by molar-refractivity contribution is -0.116. The van der Waals surface area contributed by atoms with Gasteiger partial charge in [0.15, 0.2) is 0 Å². The maximum absolute atomic E-state index is 12.6. The van der Waals surface area contributed by atoms with Gasteiger partial charge in [0, 0.05) is 16.4 Å². The van der Waals surface area contributed by atoms with E-state index in [0.29, 0.717) is 11.6 Å². The summed E-state index contributed by atoms with van der Waals surface area (Å²) in [6.45, 7) is 2.28. The number of nitrogens with zero attached hydrogens (tertiary/aromatic N) is 1. The fraction of sp³-hybridized carbons (Fsp3) is 0.368. The zero-order valence-electron chi connectivity index (χ0n) is 14.3. The van der Waals surface area contributed by atoms with Crippen LogP contribution in [0.15, 0.2) is 34.8 Å². The predicted molar refractivity (Wildman–Crippen MR) is 105 cm³/mol. The van der Waals surface area contributed by atoms with Gasteiger partial charge in [-0.1, -0.05) is 19.1 Å². The molecular formula is C19H21BrN2O2S. The fourth-order valence-corrected chi connectivity index (χ4v) is 4.63. The summed E-state index contributed by atoms with van der Waals surface area (Å²) in [6, 6.07) is 9.43. The quantitative estimate of drug-likeness (QED) is 0.798. The van der Waals surface area contributed by atoms with E-state index in [9.17, 15) is 9.59 Å². The Hall–Kier alpha value is -1.66. The smallest absolute Gasteiger partial charge is 0.264 e. The Bertz CT molecular complexity index is 802. The van der Waals surface area contributed by atoms with Crippen LogP contribution < -0.4 is 5.32 Å². The molecule has 1 N–H and O–H groups in total. The van der Waals surface area contributed by atoms with Gasteiger partial charge in [-0.2, -0.15) is 0 Å². The number of benzene rings is 1. The van der Waals surface area contributed by atoms with Gasteiger partial charge in [0.05, 0.1) is 17.1 Å². The predicted octanol–water partition coefficient (Wildman–Crippen LogP) is 4.35. The van der Waals surface area contributed by atoms with Crippen LogP contribution in [0.5, 0.6) is 0 Å². The average Bonchev–Trinajstić information content (AvgIpc) is 2.99. The van der Waals surface area contributed by atoms with Crippen molar-refractivity contribution in [1.82, 2.24) is 4.90 Å². The molecule has 132 valence electrons. The third-order valence-corrected chi connectivity index (χ3v) is 6.33. The Morgan fingerprint density at radius 3 is 2.88 bits per heavy atom. The molecular weight excluding hydrogens is 400 g/mol. The largest absolute Gasteiger partial charge is 0.332 e. The van der Waals surface area contributed by atoms with Crippen molar-refractivity contribution in [2.45, 2.75) is 26.2 Å². The van der Waals surface area contributed by atoms with Gasteiger partial charge in [-0.3, -0.25) is 9.59 Å². The topological polar surface area (TPSA) is 49.4 Å². The number of carbonyl (C=O) groups excluding carboxylic acids is 2. The third kappa shape index (κ3) is 4.30.